The molecule has 1 saturated carbocycles. The standard InChI is InChI=1S/C22H22N6O3/c1-13-9-19(29)25-22(23-13)28-18(11-17(26-28)14-7-8-14)24-21(31)15-10-20(30)27(12-15)16-5-3-2-4-6-16/h2-6,9,11,14-15H,7-8,10,12H2,1H3,(H,24,31)(H,23,25,29)/t15-/m1/s1. The van der Waals surface area contributed by atoms with Crippen LogP contribution in [0.5, 0.6) is 0 Å². The molecule has 158 valence electrons. The van der Waals surface area contributed by atoms with Gasteiger partial charge in [0.2, 0.25) is 17.8 Å². The Balaban J connectivity index is 1.40. The van der Waals surface area contributed by atoms with Gasteiger partial charge in [-0.1, -0.05) is 18.2 Å². The number of hydrogen-bond donors (Lipinski definition) is 2. The number of para-hydroxylation sites is 1. The largest absolute Gasteiger partial charge is 0.312 e. The molecule has 0 unspecified atom stereocenters. The number of rotatable bonds is 5. The van der Waals surface area contributed by atoms with Gasteiger partial charge in [-0.15, -0.1) is 0 Å². The number of nitrogens with zero attached hydrogens (tertiary/aromatic N) is 4. The van der Waals surface area contributed by atoms with Crippen LogP contribution in [-0.4, -0.2) is 38.1 Å². The van der Waals surface area contributed by atoms with E-state index in [0.717, 1.165) is 24.2 Å². The van der Waals surface area contributed by atoms with E-state index >= 15 is 0 Å². The van der Waals surface area contributed by atoms with E-state index in [-0.39, 0.29) is 29.7 Å². The summed E-state index contributed by atoms with van der Waals surface area (Å²) in [6, 6.07) is 12.5. The lowest BCUT2D eigenvalue weighted by Crippen LogP contribution is -2.28. The summed E-state index contributed by atoms with van der Waals surface area (Å²) in [5.74, 6) is 0.223. The van der Waals surface area contributed by atoms with Gasteiger partial charge in [0, 0.05) is 42.4 Å². The maximum Gasteiger partial charge on any atom is 0.252 e. The van der Waals surface area contributed by atoms with E-state index in [1.807, 2.05) is 36.4 Å². The van der Waals surface area contributed by atoms with Gasteiger partial charge in [-0.25, -0.2) is 4.98 Å². The van der Waals surface area contributed by atoms with E-state index in [9.17, 15) is 14.4 Å². The first-order chi connectivity index (χ1) is 15.0. The molecule has 2 fully saturated rings. The molecular weight excluding hydrogens is 396 g/mol. The van der Waals surface area contributed by atoms with Crippen molar-refractivity contribution < 1.29 is 9.59 Å². The van der Waals surface area contributed by atoms with Crippen molar-refractivity contribution in [3.63, 3.8) is 0 Å². The Hall–Kier alpha value is -3.75. The second-order valence-corrected chi connectivity index (χ2v) is 8.08. The summed E-state index contributed by atoms with van der Waals surface area (Å²) in [6.45, 7) is 2.04. The van der Waals surface area contributed by atoms with Crippen LogP contribution in [0.1, 0.15) is 36.6 Å². The van der Waals surface area contributed by atoms with Crippen LogP contribution in [0.25, 0.3) is 5.95 Å². The number of aromatic nitrogens is 4. The first kappa shape index (κ1) is 19.2. The molecule has 3 heterocycles. The Bertz CT molecular complexity index is 1210. The molecule has 1 saturated heterocycles. The van der Waals surface area contributed by atoms with Crippen molar-refractivity contribution >= 4 is 23.3 Å². The van der Waals surface area contributed by atoms with Gasteiger partial charge in [0.1, 0.15) is 5.82 Å². The summed E-state index contributed by atoms with van der Waals surface area (Å²) >= 11 is 0. The number of carbonyl (C=O) groups is 2. The Kier molecular flexibility index (Phi) is 4.65. The molecule has 1 aromatic carbocycles. The van der Waals surface area contributed by atoms with Crippen LogP contribution in [-0.2, 0) is 9.59 Å². The first-order valence-corrected chi connectivity index (χ1v) is 10.3. The van der Waals surface area contributed by atoms with Crippen molar-refractivity contribution in [2.24, 2.45) is 5.92 Å². The fourth-order valence-corrected chi connectivity index (χ4v) is 3.86. The van der Waals surface area contributed by atoms with Gasteiger partial charge in [0.25, 0.3) is 5.56 Å². The fraction of sp³-hybridized carbons (Fsp3) is 0.318. The maximum atomic E-state index is 13.0. The molecule has 5 rings (SSSR count). The minimum absolute atomic E-state index is 0.0804. The zero-order chi connectivity index (χ0) is 21.5. The Morgan fingerprint density at radius 3 is 2.65 bits per heavy atom. The summed E-state index contributed by atoms with van der Waals surface area (Å²) < 4.78 is 1.46. The number of aryl methyl sites for hydroxylation is 1. The van der Waals surface area contributed by atoms with Gasteiger partial charge in [-0.2, -0.15) is 9.78 Å². The predicted molar refractivity (Wildman–Crippen MR) is 114 cm³/mol. The van der Waals surface area contributed by atoms with Gasteiger partial charge in [-0.05, 0) is 31.9 Å². The summed E-state index contributed by atoms with van der Waals surface area (Å²) in [7, 11) is 0. The number of hydrogen-bond acceptors (Lipinski definition) is 5. The van der Waals surface area contributed by atoms with Crippen LogP contribution in [0.15, 0.2) is 47.3 Å². The molecule has 2 amide bonds. The number of anilines is 2. The number of benzene rings is 1. The van der Waals surface area contributed by atoms with Gasteiger partial charge in [0.05, 0.1) is 11.6 Å². The normalized spacial score (nSPS) is 18.4. The third kappa shape index (κ3) is 3.86. The van der Waals surface area contributed by atoms with Crippen molar-refractivity contribution in [1.29, 1.82) is 0 Å². The zero-order valence-corrected chi connectivity index (χ0v) is 17.0. The van der Waals surface area contributed by atoms with E-state index < -0.39 is 5.92 Å². The van der Waals surface area contributed by atoms with Crippen molar-refractivity contribution in [1.82, 2.24) is 19.7 Å². The summed E-state index contributed by atoms with van der Waals surface area (Å²) in [5, 5.41) is 7.48. The molecule has 2 aliphatic rings. The second-order valence-electron chi connectivity index (χ2n) is 8.08. The molecule has 9 nitrogen and oxygen atoms in total. The smallest absolute Gasteiger partial charge is 0.252 e. The summed E-state index contributed by atoms with van der Waals surface area (Å²) in [5.41, 5.74) is 1.90. The lowest BCUT2D eigenvalue weighted by Gasteiger charge is -2.16. The van der Waals surface area contributed by atoms with Gasteiger partial charge >= 0.3 is 0 Å². The minimum atomic E-state index is -0.482. The second kappa shape index (κ2) is 7.50. The topological polar surface area (TPSA) is 113 Å². The highest BCUT2D eigenvalue weighted by atomic mass is 16.2. The molecule has 31 heavy (non-hydrogen) atoms. The van der Waals surface area contributed by atoms with E-state index in [4.69, 9.17) is 0 Å². The van der Waals surface area contributed by atoms with Crippen molar-refractivity contribution in [2.75, 3.05) is 16.8 Å². The lowest BCUT2D eigenvalue weighted by atomic mass is 10.1. The average molecular weight is 418 g/mol. The van der Waals surface area contributed by atoms with Crippen molar-refractivity contribution in [2.45, 2.75) is 32.1 Å². The highest BCUT2D eigenvalue weighted by Crippen LogP contribution is 2.40. The monoisotopic (exact) mass is 418 g/mol. The average Bonchev–Trinajstić information content (AvgIpc) is 3.39. The number of aromatic amines is 1. The van der Waals surface area contributed by atoms with Crippen LogP contribution in [0.4, 0.5) is 11.5 Å². The SMILES string of the molecule is Cc1cc(=O)[nH]c(-n2nc(C3CC3)cc2NC(=O)[C@@H]2CC(=O)N(c3ccccc3)C2)n1. The number of nitrogens with one attached hydrogen (secondary N) is 2. The van der Waals surface area contributed by atoms with E-state index in [0.29, 0.717) is 24.0 Å². The third-order valence-corrected chi connectivity index (χ3v) is 5.60. The van der Waals surface area contributed by atoms with E-state index in [2.05, 4.69) is 20.4 Å². The highest BCUT2D eigenvalue weighted by Gasteiger charge is 2.36. The molecule has 0 radical (unpaired) electrons. The van der Waals surface area contributed by atoms with Gasteiger partial charge in [-0.3, -0.25) is 19.4 Å². The third-order valence-electron chi connectivity index (χ3n) is 5.60. The Morgan fingerprint density at radius 1 is 1.16 bits per heavy atom. The highest BCUT2D eigenvalue weighted by molar-refractivity contribution is 6.03. The molecule has 3 aromatic rings. The van der Waals surface area contributed by atoms with Gasteiger partial charge < -0.3 is 10.2 Å². The molecule has 1 atom stereocenters. The van der Waals surface area contributed by atoms with Crippen molar-refractivity contribution in [3.05, 3.63) is 64.2 Å². The Morgan fingerprint density at radius 2 is 1.94 bits per heavy atom. The molecular formula is C22H22N6O3. The quantitative estimate of drug-likeness (QED) is 0.659. The minimum Gasteiger partial charge on any atom is -0.312 e. The van der Waals surface area contributed by atoms with E-state index in [1.165, 1.54) is 10.7 Å². The van der Waals surface area contributed by atoms with Crippen LogP contribution < -0.4 is 15.8 Å². The molecule has 0 bridgehead atoms. The molecule has 2 N–H and O–H groups in total. The molecule has 0 spiro atoms. The molecule has 1 aliphatic heterocycles. The van der Waals surface area contributed by atoms with Gasteiger partial charge in [0.15, 0.2) is 0 Å². The van der Waals surface area contributed by atoms with Crippen LogP contribution in [0.3, 0.4) is 0 Å². The lowest BCUT2D eigenvalue weighted by molar-refractivity contribution is -0.122. The number of carbonyl (C=O) groups excluding carboxylic acids is 2. The number of amides is 2. The molecule has 2 aromatic heterocycles. The van der Waals surface area contributed by atoms with Crippen LogP contribution in [0.2, 0.25) is 0 Å². The van der Waals surface area contributed by atoms with Crippen LogP contribution >= 0.6 is 0 Å². The predicted octanol–water partition coefficient (Wildman–Crippen LogP) is 2.13. The summed E-state index contributed by atoms with van der Waals surface area (Å²) in [4.78, 5) is 46.1. The molecule has 1 aliphatic carbocycles. The summed E-state index contributed by atoms with van der Waals surface area (Å²) in [6.07, 6.45) is 2.24. The molecule has 9 heteroatoms. The fourth-order valence-electron chi connectivity index (χ4n) is 3.86. The first-order valence-electron chi connectivity index (χ1n) is 10.3. The number of H-pyrrole nitrogens is 1. The zero-order valence-electron chi connectivity index (χ0n) is 17.0. The Labute approximate surface area is 178 Å². The van der Waals surface area contributed by atoms with Crippen LogP contribution in [0, 0.1) is 12.8 Å². The maximum absolute atomic E-state index is 13.0. The van der Waals surface area contributed by atoms with E-state index in [1.54, 1.807) is 11.8 Å². The van der Waals surface area contributed by atoms with Crippen molar-refractivity contribution in [3.8, 4) is 5.95 Å².